The van der Waals surface area contributed by atoms with Gasteiger partial charge in [0.05, 0.1) is 6.54 Å². The molecule has 1 aliphatic rings. The van der Waals surface area contributed by atoms with Gasteiger partial charge < -0.3 is 4.52 Å². The summed E-state index contributed by atoms with van der Waals surface area (Å²) in [6.07, 6.45) is 2.85. The van der Waals surface area contributed by atoms with E-state index in [1.807, 2.05) is 43.5 Å². The molecule has 0 atom stereocenters. The van der Waals surface area contributed by atoms with E-state index in [2.05, 4.69) is 25.0 Å². The Hall–Kier alpha value is -2.60. The van der Waals surface area contributed by atoms with Crippen LogP contribution >= 0.6 is 0 Å². The molecule has 1 aromatic carbocycles. The first kappa shape index (κ1) is 14.0. The lowest BCUT2D eigenvalue weighted by molar-refractivity contribution is 0.208. The molecule has 1 aliphatic heterocycles. The van der Waals surface area contributed by atoms with Crippen molar-refractivity contribution in [3.05, 3.63) is 59.5 Å². The summed E-state index contributed by atoms with van der Waals surface area (Å²) in [5.41, 5.74) is 3.31. The van der Waals surface area contributed by atoms with Gasteiger partial charge in [-0.25, -0.2) is 9.97 Å². The fourth-order valence-corrected chi connectivity index (χ4v) is 2.82. The van der Waals surface area contributed by atoms with Crippen molar-refractivity contribution in [2.75, 3.05) is 6.54 Å². The molecule has 0 saturated heterocycles. The third-order valence-corrected chi connectivity index (χ3v) is 3.99. The number of fused-ring (bicyclic) bond motifs is 1. The van der Waals surface area contributed by atoms with Crippen LogP contribution < -0.4 is 0 Å². The molecule has 0 radical (unpaired) electrons. The molecule has 0 N–H and O–H groups in total. The number of benzene rings is 1. The first-order valence-corrected chi connectivity index (χ1v) is 7.70. The summed E-state index contributed by atoms with van der Waals surface area (Å²) < 4.78 is 5.39. The number of aryl methyl sites for hydroxylation is 1. The maximum absolute atomic E-state index is 5.39. The molecule has 0 fully saturated rings. The van der Waals surface area contributed by atoms with Gasteiger partial charge in [0.2, 0.25) is 11.7 Å². The zero-order chi connectivity index (χ0) is 15.6. The first-order valence-electron chi connectivity index (χ1n) is 7.70. The fourth-order valence-electron chi connectivity index (χ4n) is 2.82. The topological polar surface area (TPSA) is 67.9 Å². The van der Waals surface area contributed by atoms with Crippen LogP contribution in [0.15, 0.2) is 41.1 Å². The van der Waals surface area contributed by atoms with Gasteiger partial charge >= 0.3 is 0 Å². The van der Waals surface area contributed by atoms with Crippen LogP contribution in [0.1, 0.15) is 23.0 Å². The van der Waals surface area contributed by atoms with E-state index in [1.54, 1.807) is 0 Å². The molecule has 4 rings (SSSR count). The lowest BCUT2D eigenvalue weighted by Gasteiger charge is -2.26. The minimum atomic E-state index is 0.636. The third kappa shape index (κ3) is 2.98. The van der Waals surface area contributed by atoms with Gasteiger partial charge in [0.15, 0.2) is 0 Å². The van der Waals surface area contributed by atoms with E-state index in [0.717, 1.165) is 36.6 Å². The number of aromatic nitrogens is 4. The maximum Gasteiger partial charge on any atom is 0.241 e. The van der Waals surface area contributed by atoms with Gasteiger partial charge in [0.25, 0.3) is 0 Å². The van der Waals surface area contributed by atoms with Crippen LogP contribution in [0.5, 0.6) is 0 Å². The second kappa shape index (κ2) is 5.89. The van der Waals surface area contributed by atoms with Crippen molar-refractivity contribution in [2.24, 2.45) is 0 Å². The zero-order valence-electron chi connectivity index (χ0n) is 12.9. The summed E-state index contributed by atoms with van der Waals surface area (Å²) in [7, 11) is 0. The predicted molar refractivity (Wildman–Crippen MR) is 84.3 cm³/mol. The third-order valence-electron chi connectivity index (χ3n) is 3.99. The number of rotatable bonds is 3. The summed E-state index contributed by atoms with van der Waals surface area (Å²) in [5.74, 6) is 2.11. The van der Waals surface area contributed by atoms with Crippen LogP contribution in [0.2, 0.25) is 0 Å². The number of hydrogen-bond acceptors (Lipinski definition) is 6. The van der Waals surface area contributed by atoms with Gasteiger partial charge in [-0.1, -0.05) is 35.5 Å². The highest BCUT2D eigenvalue weighted by molar-refractivity contribution is 5.53. The van der Waals surface area contributed by atoms with Crippen LogP contribution in [0.4, 0.5) is 0 Å². The van der Waals surface area contributed by atoms with Crippen molar-refractivity contribution < 1.29 is 4.52 Å². The second-order valence-electron chi connectivity index (χ2n) is 5.73. The number of hydrogen-bond donors (Lipinski definition) is 0. The largest absolute Gasteiger partial charge is 0.338 e. The van der Waals surface area contributed by atoms with Crippen LogP contribution in [-0.4, -0.2) is 31.6 Å². The molecule has 0 saturated carbocycles. The second-order valence-corrected chi connectivity index (χ2v) is 5.73. The van der Waals surface area contributed by atoms with Crippen molar-refractivity contribution in [3.63, 3.8) is 0 Å². The number of nitrogens with zero attached hydrogens (tertiary/aromatic N) is 5. The predicted octanol–water partition coefficient (Wildman–Crippen LogP) is 2.39. The van der Waals surface area contributed by atoms with E-state index in [-0.39, 0.29) is 0 Å². The molecule has 3 aromatic rings. The average molecular weight is 307 g/mol. The van der Waals surface area contributed by atoms with E-state index in [0.29, 0.717) is 18.3 Å². The Kier molecular flexibility index (Phi) is 3.59. The van der Waals surface area contributed by atoms with Crippen LogP contribution in [0.3, 0.4) is 0 Å². The van der Waals surface area contributed by atoms with Crippen LogP contribution in [-0.2, 0) is 19.5 Å². The highest BCUT2D eigenvalue weighted by Crippen LogP contribution is 2.20. The van der Waals surface area contributed by atoms with Crippen molar-refractivity contribution in [3.8, 4) is 11.4 Å². The molecule has 116 valence electrons. The Labute approximate surface area is 134 Å². The highest BCUT2D eigenvalue weighted by atomic mass is 16.5. The summed E-state index contributed by atoms with van der Waals surface area (Å²) in [6, 6.07) is 9.86. The molecule has 6 nitrogen and oxygen atoms in total. The van der Waals surface area contributed by atoms with Gasteiger partial charge in [0, 0.05) is 42.5 Å². The molecule has 6 heteroatoms. The first-order chi connectivity index (χ1) is 11.3. The SMILES string of the molecule is Cc1ncc2c(n1)CCN(Cc1nc(-c3ccccc3)no1)C2. The Morgan fingerprint density at radius 3 is 2.91 bits per heavy atom. The quantitative estimate of drug-likeness (QED) is 0.740. The lowest BCUT2D eigenvalue weighted by atomic mass is 10.1. The van der Waals surface area contributed by atoms with Crippen molar-refractivity contribution in [1.29, 1.82) is 0 Å². The molecule has 2 aromatic heterocycles. The van der Waals surface area contributed by atoms with Gasteiger partial charge in [-0.2, -0.15) is 4.98 Å². The Bertz CT molecular complexity index is 815. The summed E-state index contributed by atoms with van der Waals surface area (Å²) in [5, 5.41) is 4.07. The molecule has 0 unspecified atom stereocenters. The van der Waals surface area contributed by atoms with Gasteiger partial charge in [-0.15, -0.1) is 0 Å². The van der Waals surface area contributed by atoms with Crippen molar-refractivity contribution in [1.82, 2.24) is 25.0 Å². The van der Waals surface area contributed by atoms with E-state index in [9.17, 15) is 0 Å². The fraction of sp³-hybridized carbons (Fsp3) is 0.294. The average Bonchev–Trinajstić information content (AvgIpc) is 3.04. The molecule has 0 aliphatic carbocycles. The van der Waals surface area contributed by atoms with Crippen LogP contribution in [0, 0.1) is 6.92 Å². The van der Waals surface area contributed by atoms with Crippen molar-refractivity contribution >= 4 is 0 Å². The Morgan fingerprint density at radius 1 is 1.17 bits per heavy atom. The zero-order valence-corrected chi connectivity index (χ0v) is 12.9. The molecular weight excluding hydrogens is 290 g/mol. The summed E-state index contributed by atoms with van der Waals surface area (Å²) in [4.78, 5) is 15.6. The normalized spacial score (nSPS) is 14.7. The minimum Gasteiger partial charge on any atom is -0.338 e. The molecule has 0 bridgehead atoms. The Morgan fingerprint density at radius 2 is 2.04 bits per heavy atom. The van der Waals surface area contributed by atoms with E-state index in [4.69, 9.17) is 4.52 Å². The highest BCUT2D eigenvalue weighted by Gasteiger charge is 2.20. The van der Waals surface area contributed by atoms with Gasteiger partial charge in [-0.3, -0.25) is 4.90 Å². The van der Waals surface area contributed by atoms with E-state index < -0.39 is 0 Å². The van der Waals surface area contributed by atoms with Gasteiger partial charge in [0.1, 0.15) is 5.82 Å². The molecule has 0 amide bonds. The standard InChI is InChI=1S/C17H17N5O/c1-12-18-9-14-10-22(8-7-15(14)19-12)11-16-20-17(21-23-16)13-5-3-2-4-6-13/h2-6,9H,7-8,10-11H2,1H3. The van der Waals surface area contributed by atoms with E-state index in [1.165, 1.54) is 5.56 Å². The van der Waals surface area contributed by atoms with Crippen LogP contribution in [0.25, 0.3) is 11.4 Å². The van der Waals surface area contributed by atoms with E-state index >= 15 is 0 Å². The lowest BCUT2D eigenvalue weighted by Crippen LogP contribution is -2.31. The monoisotopic (exact) mass is 307 g/mol. The summed E-state index contributed by atoms with van der Waals surface area (Å²) >= 11 is 0. The van der Waals surface area contributed by atoms with Crippen molar-refractivity contribution in [2.45, 2.75) is 26.4 Å². The smallest absolute Gasteiger partial charge is 0.241 e. The minimum absolute atomic E-state index is 0.636. The molecule has 23 heavy (non-hydrogen) atoms. The maximum atomic E-state index is 5.39. The summed E-state index contributed by atoms with van der Waals surface area (Å²) in [6.45, 7) is 4.33. The Balaban J connectivity index is 1.47. The molecular formula is C17H17N5O. The molecule has 0 spiro atoms. The van der Waals surface area contributed by atoms with Gasteiger partial charge in [-0.05, 0) is 6.92 Å². The molecule has 3 heterocycles.